The Balaban J connectivity index is 2.18. The molecule has 0 saturated heterocycles. The number of carbonyl (C=O) groups excluding carboxylic acids is 2. The van der Waals surface area contributed by atoms with E-state index in [1.807, 2.05) is 64.1 Å². The van der Waals surface area contributed by atoms with Crippen LogP contribution in [0.3, 0.4) is 0 Å². The van der Waals surface area contributed by atoms with Gasteiger partial charge in [0.05, 0.1) is 11.9 Å². The van der Waals surface area contributed by atoms with Crippen LogP contribution in [0.2, 0.25) is 0 Å². The quantitative estimate of drug-likeness (QED) is 0.523. The first-order valence-electron chi connectivity index (χ1n) is 11.6. The number of hydrogen-bond donors (Lipinski definition) is 1. The molecule has 0 aliphatic rings. The third-order valence-electron chi connectivity index (χ3n) is 5.99. The van der Waals surface area contributed by atoms with Crippen molar-refractivity contribution in [1.29, 1.82) is 0 Å². The molecule has 2 rings (SSSR count). The molecule has 2 amide bonds. The summed E-state index contributed by atoms with van der Waals surface area (Å²) in [5.74, 6) is -0.398. The average Bonchev–Trinajstić information content (AvgIpc) is 2.77. The molecule has 2 aromatic carbocycles. The molecule has 8 heteroatoms. The Morgan fingerprint density at radius 2 is 1.68 bits per heavy atom. The van der Waals surface area contributed by atoms with Crippen LogP contribution >= 0.6 is 0 Å². The normalized spacial score (nSPS) is 12.2. The Hall–Kier alpha value is -2.87. The Morgan fingerprint density at radius 1 is 1.03 bits per heavy atom. The maximum absolute atomic E-state index is 13.2. The van der Waals surface area contributed by atoms with Crippen LogP contribution in [-0.4, -0.2) is 50.5 Å². The third-order valence-corrected chi connectivity index (χ3v) is 7.17. The van der Waals surface area contributed by atoms with Crippen LogP contribution in [0, 0.1) is 20.8 Å². The van der Waals surface area contributed by atoms with E-state index in [1.54, 1.807) is 17.9 Å². The summed E-state index contributed by atoms with van der Waals surface area (Å²) in [6, 6.07) is 12.8. The van der Waals surface area contributed by atoms with Crippen molar-refractivity contribution in [2.45, 2.75) is 60.0 Å². The van der Waals surface area contributed by atoms with Crippen LogP contribution < -0.4 is 9.62 Å². The predicted molar refractivity (Wildman–Crippen MR) is 137 cm³/mol. The number of carbonyl (C=O) groups is 2. The molecule has 7 nitrogen and oxygen atoms in total. The number of benzene rings is 2. The van der Waals surface area contributed by atoms with Gasteiger partial charge in [-0.2, -0.15) is 0 Å². The van der Waals surface area contributed by atoms with Crippen molar-refractivity contribution in [3.63, 3.8) is 0 Å². The molecule has 1 N–H and O–H groups in total. The molecule has 0 aliphatic heterocycles. The summed E-state index contributed by atoms with van der Waals surface area (Å²) < 4.78 is 26.4. The van der Waals surface area contributed by atoms with Crippen molar-refractivity contribution in [1.82, 2.24) is 10.2 Å². The first-order chi connectivity index (χ1) is 16.0. The molecule has 1 atom stereocenters. The van der Waals surface area contributed by atoms with E-state index in [0.717, 1.165) is 22.3 Å². The average molecular weight is 488 g/mol. The van der Waals surface area contributed by atoms with Gasteiger partial charge in [-0.15, -0.1) is 0 Å². The van der Waals surface area contributed by atoms with Crippen molar-refractivity contribution in [3.05, 3.63) is 64.7 Å². The fraction of sp³-hybridized carbons (Fsp3) is 0.462. The second kappa shape index (κ2) is 12.0. The van der Waals surface area contributed by atoms with Crippen LogP contribution in [0.25, 0.3) is 0 Å². The molecule has 34 heavy (non-hydrogen) atoms. The van der Waals surface area contributed by atoms with Crippen molar-refractivity contribution in [2.75, 3.05) is 23.7 Å². The number of nitrogens with zero attached hydrogens (tertiary/aromatic N) is 2. The van der Waals surface area contributed by atoms with Gasteiger partial charge in [0.15, 0.2) is 0 Å². The molecular weight excluding hydrogens is 450 g/mol. The summed E-state index contributed by atoms with van der Waals surface area (Å²) in [5.41, 5.74) is 4.57. The molecule has 0 aliphatic carbocycles. The summed E-state index contributed by atoms with van der Waals surface area (Å²) in [7, 11) is -3.52. The third kappa shape index (κ3) is 7.32. The summed E-state index contributed by atoms with van der Waals surface area (Å²) in [5, 5.41) is 2.78. The van der Waals surface area contributed by atoms with E-state index >= 15 is 0 Å². The molecular formula is C26H37N3O4S. The minimum Gasteiger partial charge on any atom is -0.355 e. The topological polar surface area (TPSA) is 86.8 Å². The molecule has 0 heterocycles. The van der Waals surface area contributed by atoms with E-state index in [9.17, 15) is 18.0 Å². The SMILES string of the molecule is CCNC(=O)C(C)N(Cc1ccc(C)cc1)C(=O)CCCN(c1cccc(C)c1C)S(C)(=O)=O. The van der Waals surface area contributed by atoms with Gasteiger partial charge in [-0.25, -0.2) is 8.42 Å². The summed E-state index contributed by atoms with van der Waals surface area (Å²) >= 11 is 0. The predicted octanol–water partition coefficient (Wildman–Crippen LogP) is 3.71. The molecule has 0 fully saturated rings. The first kappa shape index (κ1) is 27.4. The monoisotopic (exact) mass is 487 g/mol. The van der Waals surface area contributed by atoms with Gasteiger partial charge in [0.25, 0.3) is 0 Å². The van der Waals surface area contributed by atoms with Gasteiger partial charge in [0, 0.05) is 26.1 Å². The van der Waals surface area contributed by atoms with E-state index < -0.39 is 16.1 Å². The number of hydrogen-bond acceptors (Lipinski definition) is 4. The highest BCUT2D eigenvalue weighted by Gasteiger charge is 2.26. The molecule has 0 spiro atoms. The molecule has 1 unspecified atom stereocenters. The number of amides is 2. The Kier molecular flexibility index (Phi) is 9.67. The van der Waals surface area contributed by atoms with E-state index in [2.05, 4.69) is 5.32 Å². The lowest BCUT2D eigenvalue weighted by Gasteiger charge is -2.29. The molecule has 0 saturated carbocycles. The fourth-order valence-electron chi connectivity index (χ4n) is 3.78. The second-order valence-corrected chi connectivity index (χ2v) is 10.6. The summed E-state index contributed by atoms with van der Waals surface area (Å²) in [6.45, 7) is 10.4. The lowest BCUT2D eigenvalue weighted by molar-refractivity contribution is -0.140. The van der Waals surface area contributed by atoms with E-state index in [-0.39, 0.29) is 24.8 Å². The number of likely N-dealkylation sites (N-methyl/N-ethyl adjacent to an activating group) is 1. The summed E-state index contributed by atoms with van der Waals surface area (Å²) in [6.07, 6.45) is 1.65. The fourth-order valence-corrected chi connectivity index (χ4v) is 4.80. The second-order valence-electron chi connectivity index (χ2n) is 8.74. The van der Waals surface area contributed by atoms with Gasteiger partial charge < -0.3 is 10.2 Å². The Morgan fingerprint density at radius 3 is 2.26 bits per heavy atom. The largest absolute Gasteiger partial charge is 0.355 e. The van der Waals surface area contributed by atoms with Gasteiger partial charge in [-0.3, -0.25) is 13.9 Å². The minimum atomic E-state index is -3.52. The molecule has 0 aromatic heterocycles. The van der Waals surface area contributed by atoms with Crippen LogP contribution in [0.15, 0.2) is 42.5 Å². The highest BCUT2D eigenvalue weighted by atomic mass is 32.2. The van der Waals surface area contributed by atoms with Gasteiger partial charge in [0.2, 0.25) is 21.8 Å². The zero-order valence-electron chi connectivity index (χ0n) is 21.1. The number of sulfonamides is 1. The summed E-state index contributed by atoms with van der Waals surface area (Å²) in [4.78, 5) is 27.3. The molecule has 186 valence electrons. The van der Waals surface area contributed by atoms with Crippen LogP contribution in [0.4, 0.5) is 5.69 Å². The zero-order chi connectivity index (χ0) is 25.5. The van der Waals surface area contributed by atoms with Crippen LogP contribution in [-0.2, 0) is 26.2 Å². The van der Waals surface area contributed by atoms with Crippen LogP contribution in [0.1, 0.15) is 48.9 Å². The van der Waals surface area contributed by atoms with E-state index in [4.69, 9.17) is 0 Å². The lowest BCUT2D eigenvalue weighted by atomic mass is 10.1. The maximum Gasteiger partial charge on any atom is 0.242 e. The maximum atomic E-state index is 13.2. The van der Waals surface area contributed by atoms with Gasteiger partial charge in [-0.1, -0.05) is 42.0 Å². The van der Waals surface area contributed by atoms with Crippen molar-refractivity contribution < 1.29 is 18.0 Å². The molecule has 2 aromatic rings. The van der Waals surface area contributed by atoms with E-state index in [1.165, 1.54) is 10.6 Å². The highest BCUT2D eigenvalue weighted by molar-refractivity contribution is 7.92. The van der Waals surface area contributed by atoms with E-state index in [0.29, 0.717) is 25.2 Å². The minimum absolute atomic E-state index is 0.131. The van der Waals surface area contributed by atoms with Gasteiger partial charge in [-0.05, 0) is 63.8 Å². The van der Waals surface area contributed by atoms with Crippen molar-refractivity contribution in [3.8, 4) is 0 Å². The number of aryl methyl sites for hydroxylation is 2. The van der Waals surface area contributed by atoms with Gasteiger partial charge in [0.1, 0.15) is 6.04 Å². The number of nitrogens with one attached hydrogen (secondary N) is 1. The standard InChI is InChI=1S/C26H37N3O4S/c1-7-27-26(31)22(5)28(18-23-15-13-19(2)14-16-23)25(30)12-9-17-29(34(6,32)33)24-11-8-10-20(3)21(24)4/h8,10-11,13-16,22H,7,9,12,17-18H2,1-6H3,(H,27,31). The number of rotatable bonds is 11. The lowest BCUT2D eigenvalue weighted by Crippen LogP contribution is -2.47. The van der Waals surface area contributed by atoms with Gasteiger partial charge >= 0.3 is 0 Å². The van der Waals surface area contributed by atoms with Crippen molar-refractivity contribution in [2.24, 2.45) is 0 Å². The Labute approximate surface area is 204 Å². The van der Waals surface area contributed by atoms with Crippen LogP contribution in [0.5, 0.6) is 0 Å². The number of anilines is 1. The molecule has 0 radical (unpaired) electrons. The Bertz CT molecular complexity index is 1100. The first-order valence-corrected chi connectivity index (χ1v) is 13.5. The molecule has 0 bridgehead atoms. The highest BCUT2D eigenvalue weighted by Crippen LogP contribution is 2.25. The smallest absolute Gasteiger partial charge is 0.242 e. The van der Waals surface area contributed by atoms with Crippen molar-refractivity contribution >= 4 is 27.5 Å². The zero-order valence-corrected chi connectivity index (χ0v) is 21.9.